The van der Waals surface area contributed by atoms with E-state index in [4.69, 9.17) is 18.6 Å². The van der Waals surface area contributed by atoms with Crippen molar-refractivity contribution in [2.24, 2.45) is 0 Å². The van der Waals surface area contributed by atoms with E-state index in [-0.39, 0.29) is 11.1 Å². The maximum atomic E-state index is 11.6. The molecule has 3 aliphatic heterocycles. The number of hydrogen-bond donors (Lipinski definition) is 0. The van der Waals surface area contributed by atoms with Crippen molar-refractivity contribution < 1.29 is 23.4 Å². The highest BCUT2D eigenvalue weighted by Gasteiger charge is 2.55. The summed E-state index contributed by atoms with van der Waals surface area (Å²) in [7, 11) is -2.65. The Labute approximate surface area is 222 Å². The average molecular weight is 521 g/mol. The van der Waals surface area contributed by atoms with Crippen molar-refractivity contribution in [1.82, 2.24) is 0 Å². The fraction of sp³-hybridized carbons (Fsp3) is 0.516. The molecule has 0 aliphatic carbocycles. The van der Waals surface area contributed by atoms with Crippen LogP contribution in [0.4, 0.5) is 0 Å². The maximum Gasteiger partial charge on any atom is 0.261 e. The molecule has 2 saturated heterocycles. The minimum atomic E-state index is -2.65. The molecule has 6 heteroatoms. The highest BCUT2D eigenvalue weighted by Crippen LogP contribution is 2.48. The molecular weight excluding hydrogens is 480 g/mol. The van der Waals surface area contributed by atoms with Crippen molar-refractivity contribution in [3.63, 3.8) is 0 Å². The van der Waals surface area contributed by atoms with E-state index in [1.807, 2.05) is 13.0 Å². The highest BCUT2D eigenvalue weighted by molar-refractivity contribution is 6.99. The zero-order valence-electron chi connectivity index (χ0n) is 22.6. The zero-order chi connectivity index (χ0) is 26.2. The average Bonchev–Trinajstić information content (AvgIpc) is 3.20. The summed E-state index contributed by atoms with van der Waals surface area (Å²) in [6.45, 7) is 9.21. The molecule has 5 rings (SSSR count). The molecule has 0 amide bonds. The second-order valence-corrected chi connectivity index (χ2v) is 16.4. The highest BCUT2D eigenvalue weighted by atomic mass is 28.4. The normalized spacial score (nSPS) is 32.2. The van der Waals surface area contributed by atoms with Crippen LogP contribution in [0.25, 0.3) is 0 Å². The zero-order valence-corrected chi connectivity index (χ0v) is 23.6. The van der Waals surface area contributed by atoms with E-state index < -0.39 is 25.5 Å². The van der Waals surface area contributed by atoms with E-state index >= 15 is 0 Å². The van der Waals surface area contributed by atoms with E-state index in [9.17, 15) is 4.79 Å². The van der Waals surface area contributed by atoms with Crippen molar-refractivity contribution in [2.45, 2.75) is 94.5 Å². The second-order valence-electron chi connectivity index (χ2n) is 12.1. The van der Waals surface area contributed by atoms with Crippen LogP contribution in [0.5, 0.6) is 0 Å². The lowest BCUT2D eigenvalue weighted by atomic mass is 9.95. The summed E-state index contributed by atoms with van der Waals surface area (Å²) in [6, 6.07) is 21.4. The van der Waals surface area contributed by atoms with Crippen LogP contribution in [0.1, 0.15) is 66.2 Å². The van der Waals surface area contributed by atoms with Crippen molar-refractivity contribution in [3.8, 4) is 0 Å². The molecule has 0 bridgehead atoms. The van der Waals surface area contributed by atoms with Crippen LogP contribution in [0.2, 0.25) is 5.04 Å². The molecule has 3 heterocycles. The molecule has 2 aromatic carbocycles. The van der Waals surface area contributed by atoms with E-state index in [1.54, 1.807) is 0 Å². The van der Waals surface area contributed by atoms with Gasteiger partial charge in [-0.05, 0) is 47.7 Å². The van der Waals surface area contributed by atoms with Gasteiger partial charge in [0.1, 0.15) is 5.60 Å². The third kappa shape index (κ3) is 5.02. The van der Waals surface area contributed by atoms with Gasteiger partial charge >= 0.3 is 0 Å². The molecule has 3 aliphatic rings. The molecule has 2 aromatic rings. The Bertz CT molecular complexity index is 1070. The SMILES string of the molecule is CC(C)(C)[Si](OC[C@@H]1CCC[C@]2(C=CC[C@]3(CC[C@](C)(C=O)O3)O2)O1)(c1ccccc1)c1ccccc1. The Morgan fingerprint density at radius 3 is 2.19 bits per heavy atom. The van der Waals surface area contributed by atoms with E-state index in [0.29, 0.717) is 25.9 Å². The van der Waals surface area contributed by atoms with Gasteiger partial charge in [-0.25, -0.2) is 0 Å². The lowest BCUT2D eigenvalue weighted by Gasteiger charge is -2.48. The first-order valence-corrected chi connectivity index (χ1v) is 15.5. The minimum absolute atomic E-state index is 0.0929. The predicted molar refractivity (Wildman–Crippen MR) is 147 cm³/mol. The third-order valence-corrected chi connectivity index (χ3v) is 13.2. The first-order valence-electron chi connectivity index (χ1n) is 13.6. The second kappa shape index (κ2) is 9.90. The van der Waals surface area contributed by atoms with Gasteiger partial charge < -0.3 is 23.4 Å². The first kappa shape index (κ1) is 26.5. The molecule has 198 valence electrons. The number of carbonyl (C=O) groups is 1. The monoisotopic (exact) mass is 520 g/mol. The fourth-order valence-electron chi connectivity index (χ4n) is 6.34. The fourth-order valence-corrected chi connectivity index (χ4v) is 10.9. The topological polar surface area (TPSA) is 54.0 Å². The summed E-state index contributed by atoms with van der Waals surface area (Å²) in [6.07, 6.45) is 9.57. The van der Waals surface area contributed by atoms with E-state index in [1.165, 1.54) is 10.4 Å². The lowest BCUT2D eigenvalue weighted by Crippen LogP contribution is -2.67. The van der Waals surface area contributed by atoms with Crippen LogP contribution in [-0.4, -0.2) is 44.5 Å². The predicted octanol–water partition coefficient (Wildman–Crippen LogP) is 5.27. The van der Waals surface area contributed by atoms with E-state index in [0.717, 1.165) is 25.5 Å². The van der Waals surface area contributed by atoms with Gasteiger partial charge in [0.15, 0.2) is 17.9 Å². The van der Waals surface area contributed by atoms with Crippen LogP contribution in [0.15, 0.2) is 72.8 Å². The van der Waals surface area contributed by atoms with Crippen molar-refractivity contribution in [2.75, 3.05) is 6.61 Å². The van der Waals surface area contributed by atoms with Gasteiger partial charge in [-0.1, -0.05) is 87.5 Å². The van der Waals surface area contributed by atoms with E-state index in [2.05, 4.69) is 87.5 Å². The standard InChI is InChI=1S/C31H40O5Si/c1-28(2,3)37(26-14-7-5-8-15-26,27-16-9-6-10-17-27)33-23-25-13-11-18-30(34-25)19-12-20-31(36-30)22-21-29(4,24-32)35-31/h5-10,12,14-17,19,24-25H,11,13,18,20-23H2,1-4H3/t25-,29+,30-,31+/m0/s1. The summed E-state index contributed by atoms with van der Waals surface area (Å²) in [5.41, 5.74) is -0.799. The Morgan fingerprint density at radius 2 is 1.62 bits per heavy atom. The number of carbonyl (C=O) groups excluding carboxylic acids is 1. The number of benzene rings is 2. The molecule has 4 atom stereocenters. The molecular formula is C31H40O5Si. The quantitative estimate of drug-likeness (QED) is 0.295. The Hall–Kier alpha value is -2.09. The van der Waals surface area contributed by atoms with Gasteiger partial charge in [-0.3, -0.25) is 0 Å². The molecule has 0 saturated carbocycles. The Balaban J connectivity index is 1.40. The molecule has 0 N–H and O–H groups in total. The van der Waals surface area contributed by atoms with Crippen LogP contribution in [0.3, 0.4) is 0 Å². The van der Waals surface area contributed by atoms with Crippen LogP contribution in [-0.2, 0) is 23.4 Å². The van der Waals surface area contributed by atoms with Crippen LogP contribution >= 0.6 is 0 Å². The number of aldehydes is 1. The Kier molecular flexibility index (Phi) is 7.09. The third-order valence-electron chi connectivity index (χ3n) is 8.15. The van der Waals surface area contributed by atoms with Gasteiger partial charge in [-0.2, -0.15) is 0 Å². The molecule has 2 spiro atoms. The van der Waals surface area contributed by atoms with Gasteiger partial charge in [0.05, 0.1) is 12.7 Å². The first-order chi connectivity index (χ1) is 17.6. The smallest absolute Gasteiger partial charge is 0.261 e. The number of ether oxygens (including phenoxy) is 3. The molecule has 5 nitrogen and oxygen atoms in total. The molecule has 0 aromatic heterocycles. The Morgan fingerprint density at radius 1 is 0.973 bits per heavy atom. The molecule has 0 radical (unpaired) electrons. The van der Waals surface area contributed by atoms with Crippen molar-refractivity contribution in [3.05, 3.63) is 72.8 Å². The molecule has 37 heavy (non-hydrogen) atoms. The summed E-state index contributed by atoms with van der Waals surface area (Å²) >= 11 is 0. The van der Waals surface area contributed by atoms with Gasteiger partial charge in [-0.15, -0.1) is 0 Å². The van der Waals surface area contributed by atoms with Crippen LogP contribution < -0.4 is 10.4 Å². The van der Waals surface area contributed by atoms with Gasteiger partial charge in [0, 0.05) is 19.3 Å². The van der Waals surface area contributed by atoms with Gasteiger partial charge in [0.25, 0.3) is 8.32 Å². The number of rotatable bonds is 6. The summed E-state index contributed by atoms with van der Waals surface area (Å²) < 4.78 is 26.7. The van der Waals surface area contributed by atoms with Crippen molar-refractivity contribution >= 4 is 25.0 Å². The van der Waals surface area contributed by atoms with Crippen molar-refractivity contribution in [1.29, 1.82) is 0 Å². The summed E-state index contributed by atoms with van der Waals surface area (Å²) in [5.74, 6) is -1.64. The summed E-state index contributed by atoms with van der Waals surface area (Å²) in [5, 5.41) is 2.43. The lowest BCUT2D eigenvalue weighted by molar-refractivity contribution is -0.364. The molecule has 2 fully saturated rings. The minimum Gasteiger partial charge on any atom is -0.405 e. The summed E-state index contributed by atoms with van der Waals surface area (Å²) in [4.78, 5) is 11.6. The van der Waals surface area contributed by atoms with Gasteiger partial charge in [0.2, 0.25) is 0 Å². The largest absolute Gasteiger partial charge is 0.405 e. The van der Waals surface area contributed by atoms with Crippen LogP contribution in [0, 0.1) is 0 Å². The maximum absolute atomic E-state index is 11.6. The number of hydrogen-bond acceptors (Lipinski definition) is 5. The molecule has 0 unspecified atom stereocenters.